The minimum Gasteiger partial charge on any atom is -0.492 e. The summed E-state index contributed by atoms with van der Waals surface area (Å²) in [5, 5.41) is 12.2. The van der Waals surface area contributed by atoms with Crippen LogP contribution in [0, 0.1) is 5.92 Å². The molecule has 1 N–H and O–H groups in total. The molecule has 1 atom stereocenters. The maximum atomic E-state index is 8.84. The molecule has 19 heavy (non-hydrogen) atoms. The zero-order chi connectivity index (χ0) is 13.7. The van der Waals surface area contributed by atoms with Gasteiger partial charge < -0.3 is 9.94 Å². The van der Waals surface area contributed by atoms with E-state index >= 15 is 0 Å². The van der Waals surface area contributed by atoms with E-state index in [1.165, 1.54) is 0 Å². The van der Waals surface area contributed by atoms with E-state index in [4.69, 9.17) is 9.94 Å². The Morgan fingerprint density at radius 3 is 2.79 bits per heavy atom. The van der Waals surface area contributed by atoms with Gasteiger partial charge in [0.2, 0.25) is 0 Å². The lowest BCUT2D eigenvalue weighted by molar-refractivity contribution is 0.190. The van der Waals surface area contributed by atoms with Crippen LogP contribution in [0.1, 0.15) is 13.3 Å². The van der Waals surface area contributed by atoms with Gasteiger partial charge in [-0.25, -0.2) is 0 Å². The summed E-state index contributed by atoms with van der Waals surface area (Å²) in [5.74, 6) is 1.22. The number of hydrogen-bond donors (Lipinski definition) is 1. The number of oxime groups is 1. The fourth-order valence-electron chi connectivity index (χ4n) is 2.28. The number of rotatable bonds is 4. The van der Waals surface area contributed by atoms with Crippen LogP contribution in [-0.4, -0.2) is 42.1 Å². The van der Waals surface area contributed by atoms with E-state index in [1.807, 2.05) is 24.3 Å². The lowest BCUT2D eigenvalue weighted by Crippen LogP contribution is -2.41. The van der Waals surface area contributed by atoms with Gasteiger partial charge in [0.1, 0.15) is 12.4 Å². The first-order valence-electron chi connectivity index (χ1n) is 6.50. The molecule has 1 aliphatic heterocycles. The second-order valence-electron chi connectivity index (χ2n) is 4.85. The molecule has 0 bridgehead atoms. The first-order chi connectivity index (χ1) is 9.19. The average Bonchev–Trinajstić information content (AvgIpc) is 2.41. The number of hydrogen-bond acceptors (Lipinski definition) is 4. The molecular formula is C14H19BrN2O2. The van der Waals surface area contributed by atoms with Gasteiger partial charge >= 0.3 is 0 Å². The number of ether oxygens (including phenoxy) is 1. The highest BCUT2D eigenvalue weighted by atomic mass is 79.9. The van der Waals surface area contributed by atoms with E-state index in [9.17, 15) is 0 Å². The van der Waals surface area contributed by atoms with Crippen molar-refractivity contribution in [2.45, 2.75) is 13.3 Å². The van der Waals surface area contributed by atoms with Crippen LogP contribution in [0.25, 0.3) is 0 Å². The Balaban J connectivity index is 1.73. The van der Waals surface area contributed by atoms with Gasteiger partial charge in [0.05, 0.1) is 5.71 Å². The first kappa shape index (κ1) is 14.3. The molecule has 4 nitrogen and oxygen atoms in total. The predicted octanol–water partition coefficient (Wildman–Crippen LogP) is 3.00. The fraction of sp³-hybridized carbons (Fsp3) is 0.500. The Labute approximate surface area is 122 Å². The van der Waals surface area contributed by atoms with Crippen LogP contribution in [0.2, 0.25) is 0 Å². The van der Waals surface area contributed by atoms with Crippen molar-refractivity contribution in [1.29, 1.82) is 0 Å². The zero-order valence-electron chi connectivity index (χ0n) is 11.1. The Bertz CT molecular complexity index is 434. The lowest BCUT2D eigenvalue weighted by Gasteiger charge is -2.31. The van der Waals surface area contributed by atoms with Gasteiger partial charge in [-0.15, -0.1) is 0 Å². The maximum Gasteiger partial charge on any atom is 0.119 e. The molecule has 0 saturated carbocycles. The lowest BCUT2D eigenvalue weighted by atomic mass is 9.98. The highest BCUT2D eigenvalue weighted by Crippen LogP contribution is 2.17. The highest BCUT2D eigenvalue weighted by Gasteiger charge is 2.22. The topological polar surface area (TPSA) is 45.1 Å². The monoisotopic (exact) mass is 326 g/mol. The number of halogens is 1. The van der Waals surface area contributed by atoms with Crippen molar-refractivity contribution in [3.63, 3.8) is 0 Å². The summed E-state index contributed by atoms with van der Waals surface area (Å²) in [6, 6.07) is 7.86. The van der Waals surface area contributed by atoms with Crippen molar-refractivity contribution in [2.75, 3.05) is 26.2 Å². The largest absolute Gasteiger partial charge is 0.492 e. The van der Waals surface area contributed by atoms with Crippen molar-refractivity contribution < 1.29 is 9.94 Å². The van der Waals surface area contributed by atoms with Crippen LogP contribution < -0.4 is 4.74 Å². The van der Waals surface area contributed by atoms with E-state index < -0.39 is 0 Å². The highest BCUT2D eigenvalue weighted by molar-refractivity contribution is 9.10. The normalized spacial score (nSPS) is 22.6. The SMILES string of the molecule is CC1CN(CCOc2ccc(Br)cc2)CC/C1=N\O. The van der Waals surface area contributed by atoms with Crippen LogP contribution in [0.4, 0.5) is 0 Å². The summed E-state index contributed by atoms with van der Waals surface area (Å²) >= 11 is 3.40. The van der Waals surface area contributed by atoms with Crippen LogP contribution in [0.15, 0.2) is 33.9 Å². The third-order valence-electron chi connectivity index (χ3n) is 3.40. The Morgan fingerprint density at radius 1 is 1.42 bits per heavy atom. The summed E-state index contributed by atoms with van der Waals surface area (Å²) in [7, 11) is 0. The molecule has 0 aromatic heterocycles. The third-order valence-corrected chi connectivity index (χ3v) is 3.93. The van der Waals surface area contributed by atoms with Gasteiger partial charge in [-0.3, -0.25) is 4.90 Å². The Hall–Kier alpha value is -1.07. The number of nitrogens with zero attached hydrogens (tertiary/aromatic N) is 2. The van der Waals surface area contributed by atoms with E-state index in [0.29, 0.717) is 12.5 Å². The van der Waals surface area contributed by atoms with Crippen LogP contribution in [0.5, 0.6) is 5.75 Å². The van der Waals surface area contributed by atoms with Gasteiger partial charge in [0.15, 0.2) is 0 Å². The molecule has 0 spiro atoms. The van der Waals surface area contributed by atoms with Crippen molar-refractivity contribution in [2.24, 2.45) is 11.1 Å². The molecule has 1 aromatic rings. The van der Waals surface area contributed by atoms with E-state index in [1.54, 1.807) is 0 Å². The second kappa shape index (κ2) is 6.91. The van der Waals surface area contributed by atoms with Crippen molar-refractivity contribution in [3.8, 4) is 5.75 Å². The quantitative estimate of drug-likeness (QED) is 0.683. The summed E-state index contributed by atoms with van der Waals surface area (Å²) in [5.41, 5.74) is 0.907. The van der Waals surface area contributed by atoms with Crippen molar-refractivity contribution in [3.05, 3.63) is 28.7 Å². The van der Waals surface area contributed by atoms with E-state index in [2.05, 4.69) is 32.9 Å². The molecule has 0 amide bonds. The van der Waals surface area contributed by atoms with Crippen molar-refractivity contribution >= 4 is 21.6 Å². The molecule has 1 saturated heterocycles. The van der Waals surface area contributed by atoms with Crippen LogP contribution >= 0.6 is 15.9 Å². The first-order valence-corrected chi connectivity index (χ1v) is 7.30. The minimum atomic E-state index is 0.325. The third kappa shape index (κ3) is 4.21. The zero-order valence-corrected chi connectivity index (χ0v) is 12.6. The molecule has 1 fully saturated rings. The summed E-state index contributed by atoms with van der Waals surface area (Å²) in [6.45, 7) is 5.55. The molecule has 0 radical (unpaired) electrons. The van der Waals surface area contributed by atoms with Crippen LogP contribution in [-0.2, 0) is 0 Å². The number of piperidine rings is 1. The number of likely N-dealkylation sites (tertiary alicyclic amines) is 1. The fourth-order valence-corrected chi connectivity index (χ4v) is 2.54. The molecule has 104 valence electrons. The van der Waals surface area contributed by atoms with Gasteiger partial charge in [-0.05, 0) is 24.3 Å². The van der Waals surface area contributed by atoms with Gasteiger partial charge in [0, 0.05) is 36.4 Å². The molecular weight excluding hydrogens is 308 g/mol. The number of benzene rings is 1. The van der Waals surface area contributed by atoms with Crippen molar-refractivity contribution in [1.82, 2.24) is 4.90 Å². The molecule has 1 heterocycles. The minimum absolute atomic E-state index is 0.325. The second-order valence-corrected chi connectivity index (χ2v) is 5.76. The van der Waals surface area contributed by atoms with E-state index in [-0.39, 0.29) is 0 Å². The predicted molar refractivity (Wildman–Crippen MR) is 79.1 cm³/mol. The standard InChI is InChI=1S/C14H19BrN2O2/c1-11-10-17(7-6-14(11)16-18)8-9-19-13-4-2-12(15)3-5-13/h2-5,11,18H,6-10H2,1H3/b16-14+. The van der Waals surface area contributed by atoms with Gasteiger partial charge in [-0.2, -0.15) is 0 Å². The smallest absolute Gasteiger partial charge is 0.119 e. The Morgan fingerprint density at radius 2 is 2.16 bits per heavy atom. The summed E-state index contributed by atoms with van der Waals surface area (Å²) in [4.78, 5) is 2.35. The molecule has 2 rings (SSSR count). The van der Waals surface area contributed by atoms with Gasteiger partial charge in [-0.1, -0.05) is 28.0 Å². The van der Waals surface area contributed by atoms with Crippen LogP contribution in [0.3, 0.4) is 0 Å². The maximum absolute atomic E-state index is 8.84. The summed E-state index contributed by atoms with van der Waals surface area (Å²) in [6.07, 6.45) is 0.843. The molecule has 1 aromatic carbocycles. The molecule has 0 aliphatic carbocycles. The Kier molecular flexibility index (Phi) is 5.22. The molecule has 1 unspecified atom stereocenters. The average molecular weight is 327 g/mol. The van der Waals surface area contributed by atoms with Gasteiger partial charge in [0.25, 0.3) is 0 Å². The van der Waals surface area contributed by atoms with E-state index in [0.717, 1.165) is 42.0 Å². The molecule has 1 aliphatic rings. The summed E-state index contributed by atoms with van der Waals surface area (Å²) < 4.78 is 6.77. The molecule has 5 heteroatoms.